The normalized spacial score (nSPS) is 13.8. The highest BCUT2D eigenvalue weighted by Gasteiger charge is 2.22. The number of methoxy groups -OCH3 is 2. The molecule has 2 aromatic carbocycles. The highest BCUT2D eigenvalue weighted by atomic mass is 32.2. The summed E-state index contributed by atoms with van der Waals surface area (Å²) in [7, 11) is 3.14. The summed E-state index contributed by atoms with van der Waals surface area (Å²) in [4.78, 5) is 30.6. The van der Waals surface area contributed by atoms with Crippen LogP contribution < -0.4 is 20.1 Å². The molecule has 0 saturated heterocycles. The van der Waals surface area contributed by atoms with Crippen LogP contribution in [0.3, 0.4) is 0 Å². The first-order valence-electron chi connectivity index (χ1n) is 9.81. The Balaban J connectivity index is 1.50. The van der Waals surface area contributed by atoms with Gasteiger partial charge in [-0.1, -0.05) is 23.9 Å². The number of benzene rings is 2. The lowest BCUT2D eigenvalue weighted by atomic mass is 10.1. The minimum atomic E-state index is -0.231. The van der Waals surface area contributed by atoms with Gasteiger partial charge in [0.1, 0.15) is 0 Å². The fourth-order valence-electron chi connectivity index (χ4n) is 3.18. The summed E-state index contributed by atoms with van der Waals surface area (Å²) in [5.74, 6) is 0.758. The highest BCUT2D eigenvalue weighted by molar-refractivity contribution is 8.04. The van der Waals surface area contributed by atoms with Crippen LogP contribution in [0.1, 0.15) is 21.5 Å². The third-order valence-corrected chi connectivity index (χ3v) is 5.91. The maximum Gasteiger partial charge on any atom is 0.262 e. The van der Waals surface area contributed by atoms with Gasteiger partial charge in [-0.15, -0.1) is 0 Å². The fourth-order valence-corrected chi connectivity index (χ4v) is 4.11. The lowest BCUT2D eigenvalue weighted by Crippen LogP contribution is -2.24. The van der Waals surface area contributed by atoms with Crippen LogP contribution in [-0.4, -0.2) is 31.0 Å². The zero-order chi connectivity index (χ0) is 22.5. The Kier molecular flexibility index (Phi) is 6.42. The van der Waals surface area contributed by atoms with Crippen molar-refractivity contribution >= 4 is 35.3 Å². The minimum absolute atomic E-state index is 0.220. The molecule has 0 radical (unpaired) electrons. The number of hydrogen-bond acceptors (Lipinski definition) is 6. The molecule has 4 rings (SSSR count). The van der Waals surface area contributed by atoms with E-state index in [9.17, 15) is 9.59 Å². The molecule has 2 N–H and O–H groups in total. The minimum Gasteiger partial charge on any atom is -0.493 e. The number of ether oxygens (including phenoxy) is 2. The van der Waals surface area contributed by atoms with Crippen LogP contribution in [0, 0.1) is 0 Å². The molecule has 1 aliphatic rings. The maximum absolute atomic E-state index is 12.7. The Hall–Kier alpha value is -3.78. The molecule has 0 aliphatic carbocycles. The molecule has 0 fully saturated rings. The molecular weight excluding hydrogens is 426 g/mol. The van der Waals surface area contributed by atoms with E-state index in [2.05, 4.69) is 15.6 Å². The molecule has 0 spiro atoms. The summed E-state index contributed by atoms with van der Waals surface area (Å²) in [6.45, 7) is 0.378. The van der Waals surface area contributed by atoms with Crippen molar-refractivity contribution in [2.45, 2.75) is 11.4 Å². The number of hydrogen-bond donors (Lipinski definition) is 2. The number of anilines is 1. The number of carbonyl (C=O) groups excluding carboxylic acids is 2. The summed E-state index contributed by atoms with van der Waals surface area (Å²) in [6.07, 6.45) is 5.18. The Labute approximate surface area is 189 Å². The van der Waals surface area contributed by atoms with E-state index in [1.54, 1.807) is 50.9 Å². The third-order valence-electron chi connectivity index (χ3n) is 4.81. The Bertz CT molecular complexity index is 1200. The molecule has 8 heteroatoms. The second kappa shape index (κ2) is 9.57. The van der Waals surface area contributed by atoms with E-state index < -0.39 is 0 Å². The average Bonchev–Trinajstić information content (AvgIpc) is 2.83. The van der Waals surface area contributed by atoms with Crippen LogP contribution in [0.15, 0.2) is 70.7 Å². The van der Waals surface area contributed by atoms with Crippen molar-refractivity contribution in [1.29, 1.82) is 0 Å². The van der Waals surface area contributed by atoms with Crippen molar-refractivity contribution in [3.05, 3.63) is 82.5 Å². The zero-order valence-electron chi connectivity index (χ0n) is 17.5. The Morgan fingerprint density at radius 1 is 1.12 bits per heavy atom. The van der Waals surface area contributed by atoms with Crippen molar-refractivity contribution in [1.82, 2.24) is 10.3 Å². The van der Waals surface area contributed by atoms with E-state index in [0.717, 1.165) is 16.0 Å². The van der Waals surface area contributed by atoms with Gasteiger partial charge in [0, 0.05) is 29.4 Å². The number of fused-ring (bicyclic) bond motifs is 1. The highest BCUT2D eigenvalue weighted by Crippen LogP contribution is 2.40. The monoisotopic (exact) mass is 447 g/mol. The first-order valence-corrected chi connectivity index (χ1v) is 10.6. The molecular formula is C24H21N3O4S. The molecule has 162 valence electrons. The van der Waals surface area contributed by atoms with Crippen LogP contribution in [0.2, 0.25) is 0 Å². The van der Waals surface area contributed by atoms with E-state index in [4.69, 9.17) is 9.47 Å². The molecule has 2 amide bonds. The number of pyridine rings is 1. The van der Waals surface area contributed by atoms with E-state index in [0.29, 0.717) is 34.2 Å². The van der Waals surface area contributed by atoms with Crippen LogP contribution in [0.4, 0.5) is 5.69 Å². The second-order valence-corrected chi connectivity index (χ2v) is 8.02. The van der Waals surface area contributed by atoms with E-state index >= 15 is 0 Å². The van der Waals surface area contributed by atoms with Gasteiger partial charge in [-0.3, -0.25) is 14.6 Å². The second-order valence-electron chi connectivity index (χ2n) is 6.93. The van der Waals surface area contributed by atoms with Gasteiger partial charge >= 0.3 is 0 Å². The molecule has 2 heterocycles. The zero-order valence-corrected chi connectivity index (χ0v) is 18.4. The summed E-state index contributed by atoms with van der Waals surface area (Å²) in [6, 6.07) is 14.4. The number of aromatic nitrogens is 1. The standard InChI is InChI=1S/C24H21N3O4S/c1-30-19-7-5-15(10-20(19)31-2)11-22-24(29)27-18-12-17(6-8-21(18)32-22)23(28)26-14-16-4-3-9-25-13-16/h3-13H,14H2,1-2H3,(H,26,28)(H,27,29)/b22-11+. The van der Waals surface area contributed by atoms with Gasteiger partial charge in [0.25, 0.3) is 11.8 Å². The summed E-state index contributed by atoms with van der Waals surface area (Å²) in [5.41, 5.74) is 2.81. The molecule has 0 unspecified atom stereocenters. The first kappa shape index (κ1) is 21.5. The third kappa shape index (κ3) is 4.76. The number of nitrogens with zero attached hydrogens (tertiary/aromatic N) is 1. The van der Waals surface area contributed by atoms with Gasteiger partial charge in [-0.25, -0.2) is 0 Å². The lowest BCUT2D eigenvalue weighted by Gasteiger charge is -2.19. The van der Waals surface area contributed by atoms with Crippen molar-refractivity contribution in [3.8, 4) is 11.5 Å². The predicted octanol–water partition coefficient (Wildman–Crippen LogP) is 4.11. The number of thioether (sulfide) groups is 1. The van der Waals surface area contributed by atoms with E-state index in [1.165, 1.54) is 11.8 Å². The predicted molar refractivity (Wildman–Crippen MR) is 124 cm³/mol. The molecule has 0 saturated carbocycles. The molecule has 1 aromatic heterocycles. The first-order chi connectivity index (χ1) is 15.6. The fraction of sp³-hybridized carbons (Fsp3) is 0.125. The van der Waals surface area contributed by atoms with Crippen LogP contribution in [-0.2, 0) is 11.3 Å². The molecule has 0 atom stereocenters. The van der Waals surface area contributed by atoms with Gasteiger partial charge in [-0.2, -0.15) is 0 Å². The van der Waals surface area contributed by atoms with Crippen molar-refractivity contribution in [3.63, 3.8) is 0 Å². The molecule has 0 bridgehead atoms. The largest absolute Gasteiger partial charge is 0.493 e. The Morgan fingerprint density at radius 2 is 1.97 bits per heavy atom. The van der Waals surface area contributed by atoms with E-state index in [-0.39, 0.29) is 11.8 Å². The average molecular weight is 448 g/mol. The number of amides is 2. The van der Waals surface area contributed by atoms with Crippen molar-refractivity contribution in [2.75, 3.05) is 19.5 Å². The number of carbonyl (C=O) groups is 2. The molecule has 7 nitrogen and oxygen atoms in total. The van der Waals surface area contributed by atoms with Crippen LogP contribution in [0.5, 0.6) is 11.5 Å². The molecule has 1 aliphatic heterocycles. The quantitative estimate of drug-likeness (QED) is 0.553. The van der Waals surface area contributed by atoms with Crippen molar-refractivity contribution in [2.24, 2.45) is 0 Å². The summed E-state index contributed by atoms with van der Waals surface area (Å²) in [5, 5.41) is 5.74. The van der Waals surface area contributed by atoms with Gasteiger partial charge in [-0.05, 0) is 53.6 Å². The van der Waals surface area contributed by atoms with E-state index in [1.807, 2.05) is 30.3 Å². The topological polar surface area (TPSA) is 89.5 Å². The van der Waals surface area contributed by atoms with Gasteiger partial charge in [0.05, 0.1) is 24.8 Å². The van der Waals surface area contributed by atoms with Gasteiger partial charge in [0.15, 0.2) is 11.5 Å². The van der Waals surface area contributed by atoms with Crippen LogP contribution in [0.25, 0.3) is 6.08 Å². The number of rotatable bonds is 6. The Morgan fingerprint density at radius 3 is 2.72 bits per heavy atom. The lowest BCUT2D eigenvalue weighted by molar-refractivity contribution is -0.112. The SMILES string of the molecule is COc1ccc(/C=C2/Sc3ccc(C(=O)NCc4cccnc4)cc3NC2=O)cc1OC. The smallest absolute Gasteiger partial charge is 0.262 e. The maximum atomic E-state index is 12.7. The summed E-state index contributed by atoms with van der Waals surface area (Å²) < 4.78 is 10.6. The van der Waals surface area contributed by atoms with Crippen LogP contribution >= 0.6 is 11.8 Å². The number of nitrogens with one attached hydrogen (secondary N) is 2. The molecule has 3 aromatic rings. The van der Waals surface area contributed by atoms with Crippen molar-refractivity contribution < 1.29 is 19.1 Å². The molecule has 32 heavy (non-hydrogen) atoms. The summed E-state index contributed by atoms with van der Waals surface area (Å²) >= 11 is 1.35. The van der Waals surface area contributed by atoms with Gasteiger partial charge < -0.3 is 20.1 Å². The van der Waals surface area contributed by atoms with Gasteiger partial charge in [0.2, 0.25) is 0 Å².